The Morgan fingerprint density at radius 3 is 2.75 bits per heavy atom. The van der Waals surface area contributed by atoms with E-state index >= 15 is 0 Å². The lowest BCUT2D eigenvalue weighted by Crippen LogP contribution is -2.47. The molecule has 3 N–H and O–H groups in total. The minimum Gasteiger partial charge on any atom is -0.391 e. The van der Waals surface area contributed by atoms with Gasteiger partial charge in [0.15, 0.2) is 0 Å². The summed E-state index contributed by atoms with van der Waals surface area (Å²) in [6.07, 6.45) is 4.09. The second-order valence-corrected chi connectivity index (χ2v) is 5.98. The molecular weight excluding hydrogens is 254 g/mol. The normalized spacial score (nSPS) is 24.4. The Morgan fingerprint density at radius 1 is 1.45 bits per heavy atom. The van der Waals surface area contributed by atoms with Crippen molar-refractivity contribution < 1.29 is 9.90 Å². The summed E-state index contributed by atoms with van der Waals surface area (Å²) in [5, 5.41) is 20.0. The lowest BCUT2D eigenvalue weighted by Gasteiger charge is -2.29. The summed E-state index contributed by atoms with van der Waals surface area (Å²) >= 11 is 0. The molecule has 3 unspecified atom stereocenters. The molecule has 1 aliphatic carbocycles. The molecule has 0 aliphatic heterocycles. The van der Waals surface area contributed by atoms with Gasteiger partial charge in [-0.2, -0.15) is 5.10 Å². The fourth-order valence-corrected chi connectivity index (χ4v) is 2.88. The van der Waals surface area contributed by atoms with Crippen molar-refractivity contribution in [3.8, 4) is 0 Å². The first-order valence-corrected chi connectivity index (χ1v) is 7.48. The molecule has 3 atom stereocenters. The zero-order valence-corrected chi connectivity index (χ0v) is 12.6. The molecule has 1 saturated carbocycles. The second kappa shape index (κ2) is 6.39. The largest absolute Gasteiger partial charge is 0.391 e. The van der Waals surface area contributed by atoms with Crippen LogP contribution in [0.15, 0.2) is 0 Å². The molecule has 1 amide bonds. The van der Waals surface area contributed by atoms with Gasteiger partial charge >= 0.3 is 0 Å². The monoisotopic (exact) mass is 279 g/mol. The third kappa shape index (κ3) is 3.39. The first-order valence-electron chi connectivity index (χ1n) is 7.48. The van der Waals surface area contributed by atoms with Gasteiger partial charge in [0.2, 0.25) is 5.91 Å². The summed E-state index contributed by atoms with van der Waals surface area (Å²) in [5.41, 5.74) is 3.11. The molecule has 5 nitrogen and oxygen atoms in total. The number of aromatic nitrogens is 2. The van der Waals surface area contributed by atoms with Crippen LogP contribution in [0.25, 0.3) is 0 Å². The number of hydrogen-bond acceptors (Lipinski definition) is 3. The van der Waals surface area contributed by atoms with Gasteiger partial charge in [0.05, 0.1) is 17.8 Å². The lowest BCUT2D eigenvalue weighted by atomic mass is 9.91. The number of hydrogen-bond donors (Lipinski definition) is 3. The standard InChI is InChI=1S/C15H25N3O2/c1-9(8-12-10(2)17-18-11(12)3)15(20)16-13-6-4-5-7-14(13)19/h9,13-14,19H,4-8H2,1-3H3,(H,16,20)(H,17,18). The number of aliphatic hydroxyl groups is 1. The van der Waals surface area contributed by atoms with Gasteiger partial charge in [-0.05, 0) is 38.7 Å². The third-order valence-electron chi connectivity index (χ3n) is 4.30. The number of nitrogens with one attached hydrogen (secondary N) is 2. The number of aryl methyl sites for hydroxylation is 2. The number of amides is 1. The minimum absolute atomic E-state index is 0.0240. The van der Waals surface area contributed by atoms with Crippen LogP contribution in [0.3, 0.4) is 0 Å². The highest BCUT2D eigenvalue weighted by atomic mass is 16.3. The van der Waals surface area contributed by atoms with E-state index in [9.17, 15) is 9.90 Å². The van der Waals surface area contributed by atoms with Gasteiger partial charge in [-0.15, -0.1) is 0 Å². The van der Waals surface area contributed by atoms with Crippen molar-refractivity contribution in [2.75, 3.05) is 0 Å². The number of carbonyl (C=O) groups excluding carboxylic acids is 1. The lowest BCUT2D eigenvalue weighted by molar-refractivity contribution is -0.126. The van der Waals surface area contributed by atoms with Crippen LogP contribution in [0.5, 0.6) is 0 Å². The van der Waals surface area contributed by atoms with E-state index in [1.165, 1.54) is 0 Å². The van der Waals surface area contributed by atoms with Gasteiger partial charge in [0, 0.05) is 11.6 Å². The summed E-state index contributed by atoms with van der Waals surface area (Å²) in [7, 11) is 0. The van der Waals surface area contributed by atoms with E-state index in [2.05, 4.69) is 15.5 Å². The van der Waals surface area contributed by atoms with Crippen molar-refractivity contribution in [2.24, 2.45) is 5.92 Å². The zero-order chi connectivity index (χ0) is 14.7. The molecule has 1 fully saturated rings. The van der Waals surface area contributed by atoms with Crippen LogP contribution in [0, 0.1) is 19.8 Å². The molecule has 0 radical (unpaired) electrons. The number of H-pyrrole nitrogens is 1. The van der Waals surface area contributed by atoms with Gasteiger partial charge in [-0.3, -0.25) is 9.89 Å². The van der Waals surface area contributed by atoms with Gasteiger partial charge in [0.1, 0.15) is 0 Å². The molecule has 1 heterocycles. The van der Waals surface area contributed by atoms with Crippen LogP contribution in [-0.4, -0.2) is 33.4 Å². The molecule has 112 valence electrons. The van der Waals surface area contributed by atoms with E-state index in [0.717, 1.165) is 42.6 Å². The van der Waals surface area contributed by atoms with Crippen LogP contribution >= 0.6 is 0 Å². The van der Waals surface area contributed by atoms with Crippen LogP contribution < -0.4 is 5.32 Å². The number of aromatic amines is 1. The maximum absolute atomic E-state index is 12.3. The topological polar surface area (TPSA) is 78.0 Å². The average molecular weight is 279 g/mol. The number of nitrogens with zero attached hydrogens (tertiary/aromatic N) is 1. The van der Waals surface area contributed by atoms with Crippen molar-refractivity contribution in [3.63, 3.8) is 0 Å². The summed E-state index contributed by atoms with van der Waals surface area (Å²) < 4.78 is 0. The first-order chi connectivity index (χ1) is 9.49. The van der Waals surface area contributed by atoms with Gasteiger partial charge in [0.25, 0.3) is 0 Å². The summed E-state index contributed by atoms with van der Waals surface area (Å²) in [5.74, 6) is -0.0879. The van der Waals surface area contributed by atoms with Gasteiger partial charge in [-0.1, -0.05) is 19.8 Å². The van der Waals surface area contributed by atoms with E-state index in [0.29, 0.717) is 6.42 Å². The molecule has 2 rings (SSSR count). The summed E-state index contributed by atoms with van der Waals surface area (Å²) in [6.45, 7) is 5.86. The minimum atomic E-state index is -0.391. The van der Waals surface area contributed by atoms with E-state index in [-0.39, 0.29) is 17.9 Å². The molecular formula is C15H25N3O2. The maximum atomic E-state index is 12.3. The zero-order valence-electron chi connectivity index (χ0n) is 12.6. The summed E-state index contributed by atoms with van der Waals surface area (Å²) in [6, 6.07) is -0.0785. The van der Waals surface area contributed by atoms with Crippen molar-refractivity contribution >= 4 is 5.91 Å². The second-order valence-electron chi connectivity index (χ2n) is 5.98. The van der Waals surface area contributed by atoms with Crippen LogP contribution in [0.2, 0.25) is 0 Å². The molecule has 0 bridgehead atoms. The van der Waals surface area contributed by atoms with E-state index in [1.54, 1.807) is 0 Å². The smallest absolute Gasteiger partial charge is 0.223 e. The molecule has 0 saturated heterocycles. The van der Waals surface area contributed by atoms with Gasteiger partial charge in [-0.25, -0.2) is 0 Å². The Morgan fingerprint density at radius 2 is 2.15 bits per heavy atom. The van der Waals surface area contributed by atoms with Crippen molar-refractivity contribution in [1.82, 2.24) is 15.5 Å². The highest BCUT2D eigenvalue weighted by Gasteiger charge is 2.26. The number of carbonyl (C=O) groups is 1. The molecule has 1 aromatic heterocycles. The Labute approximate surface area is 120 Å². The van der Waals surface area contributed by atoms with Crippen molar-refractivity contribution in [2.45, 2.75) is 65.0 Å². The first kappa shape index (κ1) is 15.0. The Bertz CT molecular complexity index is 450. The molecule has 1 aromatic rings. The fraction of sp³-hybridized carbons (Fsp3) is 0.733. The molecule has 0 aromatic carbocycles. The highest BCUT2D eigenvalue weighted by Crippen LogP contribution is 2.20. The van der Waals surface area contributed by atoms with E-state index in [1.807, 2.05) is 20.8 Å². The van der Waals surface area contributed by atoms with Crippen molar-refractivity contribution in [3.05, 3.63) is 17.0 Å². The van der Waals surface area contributed by atoms with Gasteiger partial charge < -0.3 is 10.4 Å². The maximum Gasteiger partial charge on any atom is 0.223 e. The Hall–Kier alpha value is -1.36. The van der Waals surface area contributed by atoms with Crippen LogP contribution in [-0.2, 0) is 11.2 Å². The van der Waals surface area contributed by atoms with Crippen LogP contribution in [0.4, 0.5) is 0 Å². The molecule has 1 aliphatic rings. The Kier molecular flexibility index (Phi) is 4.81. The average Bonchev–Trinajstić information content (AvgIpc) is 2.73. The SMILES string of the molecule is Cc1n[nH]c(C)c1CC(C)C(=O)NC1CCCCC1O. The van der Waals surface area contributed by atoms with E-state index in [4.69, 9.17) is 0 Å². The quantitative estimate of drug-likeness (QED) is 0.784. The highest BCUT2D eigenvalue weighted by molar-refractivity contribution is 5.79. The molecule has 5 heteroatoms. The third-order valence-corrected chi connectivity index (χ3v) is 4.30. The Balaban J connectivity index is 1.92. The molecule has 20 heavy (non-hydrogen) atoms. The van der Waals surface area contributed by atoms with Crippen molar-refractivity contribution in [1.29, 1.82) is 0 Å². The van der Waals surface area contributed by atoms with Crippen LogP contribution in [0.1, 0.15) is 49.6 Å². The predicted molar refractivity (Wildman–Crippen MR) is 77.3 cm³/mol. The summed E-state index contributed by atoms with van der Waals surface area (Å²) in [4.78, 5) is 12.3. The predicted octanol–water partition coefficient (Wildman–Crippen LogP) is 1.62. The number of aliphatic hydroxyl groups excluding tert-OH is 1. The van der Waals surface area contributed by atoms with E-state index < -0.39 is 6.10 Å². The number of rotatable bonds is 4. The fourth-order valence-electron chi connectivity index (χ4n) is 2.88. The molecule has 0 spiro atoms.